The third-order valence-electron chi connectivity index (χ3n) is 2.72. The maximum atomic E-state index is 10.6. The predicted octanol–water partition coefficient (Wildman–Crippen LogP) is 2.78. The number of hydrogen-bond acceptors (Lipinski definition) is 5. The second-order valence-electron chi connectivity index (χ2n) is 4.59. The van der Waals surface area contributed by atoms with E-state index in [2.05, 4.69) is 6.92 Å². The Hall–Kier alpha value is -0.773. The number of hydrogen-bond donors (Lipinski definition) is 1. The van der Waals surface area contributed by atoms with Crippen molar-refractivity contribution in [2.24, 2.45) is 5.14 Å². The molecule has 0 bridgehead atoms. The van der Waals surface area contributed by atoms with Crippen molar-refractivity contribution < 1.29 is 21.7 Å². The summed E-state index contributed by atoms with van der Waals surface area (Å²) in [6.07, 6.45) is 1.05. The van der Waals surface area contributed by atoms with E-state index in [0.29, 0.717) is 19.8 Å². The molecule has 0 heterocycles. The van der Waals surface area contributed by atoms with E-state index >= 15 is 0 Å². The first-order valence-corrected chi connectivity index (χ1v) is 11.3. The second-order valence-corrected chi connectivity index (χ2v) is 8.88. The molecule has 1 rings (SSSR count). The summed E-state index contributed by atoms with van der Waals surface area (Å²) in [5, 5.41) is 4.83. The lowest BCUT2D eigenvalue weighted by molar-refractivity contribution is 0.0712. The average molecular weight is 364 g/mol. The molecule has 6 nitrogen and oxygen atoms in total. The van der Waals surface area contributed by atoms with Crippen LogP contribution >= 0.6 is 0 Å². The molecule has 0 aliphatic rings. The molecule has 0 saturated carbocycles. The molecule has 2 N–H and O–H groups in total. The lowest BCUT2D eigenvalue weighted by Gasteiger charge is -2.27. The number of primary sulfonamides is 1. The Labute approximate surface area is 141 Å². The molecule has 23 heavy (non-hydrogen) atoms. The molecule has 134 valence electrons. The van der Waals surface area contributed by atoms with Crippen molar-refractivity contribution in [1.82, 2.24) is 0 Å². The molecule has 1 aromatic carbocycles. The molecule has 0 atom stereocenters. The first kappa shape index (κ1) is 22.2. The topological polar surface area (TPSA) is 87.8 Å². The van der Waals surface area contributed by atoms with Gasteiger partial charge in [0.05, 0.1) is 4.90 Å². The highest BCUT2D eigenvalue weighted by Crippen LogP contribution is 2.17. The normalized spacial score (nSPS) is 11.7. The highest BCUT2D eigenvalue weighted by atomic mass is 32.2. The molecular weight excluding hydrogens is 334 g/mol. The number of sulfonamides is 1. The van der Waals surface area contributed by atoms with Gasteiger partial charge in [0.1, 0.15) is 0 Å². The van der Waals surface area contributed by atoms with E-state index in [0.717, 1.165) is 12.5 Å². The van der Waals surface area contributed by atoms with E-state index in [1.165, 1.54) is 12.1 Å². The van der Waals surface area contributed by atoms with Crippen molar-refractivity contribution in [3.63, 3.8) is 0 Å². The van der Waals surface area contributed by atoms with Gasteiger partial charge in [0.2, 0.25) is 10.0 Å². The summed E-state index contributed by atoms with van der Waals surface area (Å²) in [5.74, 6) is 0. The van der Waals surface area contributed by atoms with E-state index in [4.69, 9.17) is 18.4 Å². The van der Waals surface area contributed by atoms with Crippen LogP contribution in [0.3, 0.4) is 0 Å². The highest BCUT2D eigenvalue weighted by Gasteiger charge is 2.38. The zero-order valence-electron chi connectivity index (χ0n) is 14.4. The van der Waals surface area contributed by atoms with E-state index in [1.54, 1.807) is 18.2 Å². The number of nitrogens with two attached hydrogens (primary N) is 1. The van der Waals surface area contributed by atoms with Crippen LogP contribution in [0.1, 0.15) is 34.1 Å². The van der Waals surface area contributed by atoms with E-state index in [9.17, 15) is 8.42 Å². The average Bonchev–Trinajstić information content (AvgIpc) is 2.49. The fraction of sp³-hybridized carbons (Fsp3) is 0.600. The van der Waals surface area contributed by atoms with Gasteiger partial charge in [-0.05, 0) is 32.9 Å². The van der Waals surface area contributed by atoms with Crippen LogP contribution in [-0.2, 0) is 23.3 Å². The van der Waals surface area contributed by atoms with Gasteiger partial charge < -0.3 is 13.3 Å². The maximum absolute atomic E-state index is 10.6. The van der Waals surface area contributed by atoms with Gasteiger partial charge in [-0.25, -0.2) is 13.6 Å². The van der Waals surface area contributed by atoms with Gasteiger partial charge in [0.25, 0.3) is 0 Å². The van der Waals surface area contributed by atoms with Crippen LogP contribution in [0.5, 0.6) is 0 Å². The Morgan fingerprint density at radius 1 is 0.913 bits per heavy atom. The van der Waals surface area contributed by atoms with Crippen LogP contribution < -0.4 is 5.14 Å². The van der Waals surface area contributed by atoms with Gasteiger partial charge in [-0.3, -0.25) is 0 Å². The van der Waals surface area contributed by atoms with Gasteiger partial charge in [-0.2, -0.15) is 0 Å². The van der Waals surface area contributed by atoms with Crippen molar-refractivity contribution in [3.8, 4) is 0 Å². The number of benzene rings is 1. The first-order valence-electron chi connectivity index (χ1n) is 7.84. The highest BCUT2D eigenvalue weighted by molar-refractivity contribution is 7.89. The van der Waals surface area contributed by atoms with Gasteiger partial charge >= 0.3 is 8.80 Å². The summed E-state index contributed by atoms with van der Waals surface area (Å²) in [5.41, 5.74) is 0. The summed E-state index contributed by atoms with van der Waals surface area (Å²) in [4.78, 5) is 0.148. The molecule has 0 radical (unpaired) electrons. The summed E-state index contributed by atoms with van der Waals surface area (Å²) in [6, 6.07) is 8.81. The predicted molar refractivity (Wildman–Crippen MR) is 93.5 cm³/mol. The van der Waals surface area contributed by atoms with Crippen LogP contribution in [0.4, 0.5) is 0 Å². The van der Waals surface area contributed by atoms with Crippen molar-refractivity contribution >= 4 is 18.8 Å². The Morgan fingerprint density at radius 2 is 1.35 bits per heavy atom. The molecule has 0 aromatic heterocycles. The van der Waals surface area contributed by atoms with Crippen molar-refractivity contribution in [2.45, 2.75) is 45.1 Å². The Morgan fingerprint density at radius 3 is 1.61 bits per heavy atom. The SMILES string of the molecule is CCC[Si](OCC)(OCC)OCC.NS(=O)(=O)c1ccccc1. The molecule has 0 unspecified atom stereocenters. The molecular formula is C15H29NO5SSi. The van der Waals surface area contributed by atoms with E-state index in [-0.39, 0.29) is 4.90 Å². The quantitative estimate of drug-likeness (QED) is 0.682. The van der Waals surface area contributed by atoms with Crippen LogP contribution in [0.15, 0.2) is 35.2 Å². The second kappa shape index (κ2) is 11.7. The molecule has 0 amide bonds. The fourth-order valence-electron chi connectivity index (χ4n) is 1.92. The van der Waals surface area contributed by atoms with Gasteiger partial charge in [0, 0.05) is 25.9 Å². The summed E-state index contributed by atoms with van der Waals surface area (Å²) in [7, 11) is -5.80. The number of rotatable bonds is 9. The third kappa shape index (κ3) is 9.19. The summed E-state index contributed by atoms with van der Waals surface area (Å²) >= 11 is 0. The molecule has 0 saturated heterocycles. The molecule has 0 fully saturated rings. The molecule has 8 heteroatoms. The van der Waals surface area contributed by atoms with Crippen LogP contribution in [0, 0.1) is 0 Å². The zero-order valence-corrected chi connectivity index (χ0v) is 16.3. The molecule has 0 spiro atoms. The minimum Gasteiger partial charge on any atom is -0.374 e. The van der Waals surface area contributed by atoms with Crippen LogP contribution in [-0.4, -0.2) is 37.0 Å². The van der Waals surface area contributed by atoms with Gasteiger partial charge in [0.15, 0.2) is 0 Å². The first-order chi connectivity index (χ1) is 10.8. The molecule has 1 aromatic rings. The minimum atomic E-state index is -3.50. The monoisotopic (exact) mass is 363 g/mol. The fourth-order valence-corrected chi connectivity index (χ4v) is 5.07. The molecule has 0 aliphatic carbocycles. The van der Waals surface area contributed by atoms with Crippen LogP contribution in [0.2, 0.25) is 6.04 Å². The van der Waals surface area contributed by atoms with Gasteiger partial charge in [-0.15, -0.1) is 0 Å². The van der Waals surface area contributed by atoms with E-state index < -0.39 is 18.8 Å². The Balaban J connectivity index is 0.000000433. The third-order valence-corrected chi connectivity index (χ3v) is 6.95. The summed E-state index contributed by atoms with van der Waals surface area (Å²) in [6.45, 7) is 10.1. The largest absolute Gasteiger partial charge is 0.500 e. The van der Waals surface area contributed by atoms with Crippen molar-refractivity contribution in [1.29, 1.82) is 0 Å². The lowest BCUT2D eigenvalue weighted by atomic mass is 10.4. The molecule has 0 aliphatic heterocycles. The minimum absolute atomic E-state index is 0.148. The Bertz CT molecular complexity index is 480. The zero-order chi connectivity index (χ0) is 17.8. The standard InChI is InChI=1S/C9H22O3Si.C6H7NO2S/c1-5-9-13(10-6-2,11-7-3)12-8-4;7-10(8,9)6-4-2-1-3-5-6/h5-9H2,1-4H3;1-5H,(H2,7,8,9). The van der Waals surface area contributed by atoms with Gasteiger partial charge in [-0.1, -0.05) is 31.5 Å². The van der Waals surface area contributed by atoms with Crippen LogP contribution in [0.25, 0.3) is 0 Å². The Kier molecular flexibility index (Phi) is 11.3. The van der Waals surface area contributed by atoms with E-state index in [1.807, 2.05) is 20.8 Å². The van der Waals surface area contributed by atoms with Crippen molar-refractivity contribution in [3.05, 3.63) is 30.3 Å². The lowest BCUT2D eigenvalue weighted by Crippen LogP contribution is -2.45. The smallest absolute Gasteiger partial charge is 0.374 e. The summed E-state index contributed by atoms with van der Waals surface area (Å²) < 4.78 is 38.2. The maximum Gasteiger partial charge on any atom is 0.500 e. The van der Waals surface area contributed by atoms with Crippen molar-refractivity contribution in [2.75, 3.05) is 19.8 Å².